The molecule has 0 aromatic rings. The van der Waals surface area contributed by atoms with E-state index in [0.717, 1.165) is 5.57 Å². The maximum atomic E-state index is 12.5. The van der Waals surface area contributed by atoms with Crippen molar-refractivity contribution in [1.29, 1.82) is 0 Å². The summed E-state index contributed by atoms with van der Waals surface area (Å²) in [5.74, 6) is -2.46. The van der Waals surface area contributed by atoms with Crippen LogP contribution >= 0.6 is 0 Å². The van der Waals surface area contributed by atoms with Gasteiger partial charge in [-0.05, 0) is 26.8 Å². The third-order valence-corrected chi connectivity index (χ3v) is 5.83. The molecule has 0 amide bonds. The van der Waals surface area contributed by atoms with E-state index in [1.807, 2.05) is 0 Å². The number of allylic oxidation sites excluding steroid dienone is 1. The van der Waals surface area contributed by atoms with E-state index in [2.05, 4.69) is 6.58 Å². The normalized spacial score (nSPS) is 44.0. The summed E-state index contributed by atoms with van der Waals surface area (Å²) in [6.07, 6.45) is -1.19. The Morgan fingerprint density at radius 3 is 2.56 bits per heavy atom. The van der Waals surface area contributed by atoms with Gasteiger partial charge in [0.1, 0.15) is 18.3 Å². The van der Waals surface area contributed by atoms with Crippen LogP contribution in [-0.2, 0) is 28.6 Å². The van der Waals surface area contributed by atoms with Gasteiger partial charge in [0.05, 0.1) is 12.0 Å². The van der Waals surface area contributed by atoms with Crippen LogP contribution in [0.4, 0.5) is 0 Å². The molecule has 0 radical (unpaired) electrons. The van der Waals surface area contributed by atoms with Gasteiger partial charge in [0.25, 0.3) is 0 Å². The second kappa shape index (κ2) is 6.87. The van der Waals surface area contributed by atoms with Gasteiger partial charge < -0.3 is 19.3 Å². The molecule has 3 aliphatic rings. The average molecular weight is 378 g/mol. The molecule has 0 saturated carbocycles. The number of hydrogen-bond acceptors (Lipinski definition) is 7. The van der Waals surface area contributed by atoms with Crippen LogP contribution in [0.2, 0.25) is 0 Å². The number of carbonyl (C=O) groups excluding carboxylic acids is 3. The lowest BCUT2D eigenvalue weighted by atomic mass is 9.80. The molecule has 7 atom stereocenters. The number of carbonyl (C=O) groups is 3. The largest absolute Gasteiger partial charge is 0.458 e. The number of hydrogen-bond donors (Lipinski definition) is 1. The van der Waals surface area contributed by atoms with Crippen molar-refractivity contribution < 1.29 is 33.7 Å². The molecule has 7 heteroatoms. The summed E-state index contributed by atoms with van der Waals surface area (Å²) < 4.78 is 16.3. The molecular weight excluding hydrogens is 352 g/mol. The smallest absolute Gasteiger partial charge is 0.341 e. The number of ether oxygens (including phenoxy) is 3. The van der Waals surface area contributed by atoms with E-state index in [9.17, 15) is 19.5 Å². The van der Waals surface area contributed by atoms with Gasteiger partial charge in [-0.25, -0.2) is 9.59 Å². The third-order valence-electron chi connectivity index (χ3n) is 5.83. The van der Waals surface area contributed by atoms with Crippen molar-refractivity contribution in [3.8, 4) is 0 Å². The van der Waals surface area contributed by atoms with Crippen LogP contribution in [0.1, 0.15) is 40.5 Å². The lowest BCUT2D eigenvalue weighted by Gasteiger charge is -2.34. The Morgan fingerprint density at radius 1 is 1.33 bits per heavy atom. The molecule has 27 heavy (non-hydrogen) atoms. The van der Waals surface area contributed by atoms with Gasteiger partial charge >= 0.3 is 11.9 Å². The minimum absolute atomic E-state index is 0.109. The van der Waals surface area contributed by atoms with E-state index in [4.69, 9.17) is 14.2 Å². The van der Waals surface area contributed by atoms with E-state index in [0.29, 0.717) is 6.42 Å². The molecule has 7 nitrogen and oxygen atoms in total. The van der Waals surface area contributed by atoms with Crippen LogP contribution in [0.15, 0.2) is 23.8 Å². The number of epoxide rings is 1. The molecule has 2 aliphatic heterocycles. The molecule has 2 fully saturated rings. The third kappa shape index (κ3) is 3.58. The van der Waals surface area contributed by atoms with Gasteiger partial charge in [-0.1, -0.05) is 19.1 Å². The maximum absolute atomic E-state index is 12.5. The Bertz CT molecular complexity index is 724. The Balaban J connectivity index is 1.92. The summed E-state index contributed by atoms with van der Waals surface area (Å²) in [6, 6.07) is 0. The zero-order valence-corrected chi connectivity index (χ0v) is 16.1. The van der Waals surface area contributed by atoms with Gasteiger partial charge in [0.2, 0.25) is 0 Å². The summed E-state index contributed by atoms with van der Waals surface area (Å²) in [5.41, 5.74) is -0.129. The summed E-state index contributed by atoms with van der Waals surface area (Å²) in [6.45, 7) is 10.7. The van der Waals surface area contributed by atoms with Crippen LogP contribution < -0.4 is 0 Å². The van der Waals surface area contributed by atoms with E-state index >= 15 is 0 Å². The van der Waals surface area contributed by atoms with Crippen LogP contribution in [0.3, 0.4) is 0 Å². The first kappa shape index (κ1) is 19.8. The Kier molecular flexibility index (Phi) is 5.03. The first-order valence-corrected chi connectivity index (χ1v) is 9.21. The first-order valence-electron chi connectivity index (χ1n) is 9.21. The van der Waals surface area contributed by atoms with Crippen molar-refractivity contribution in [2.24, 2.45) is 11.8 Å². The standard InChI is InChI=1S/C20H26O7/c1-9-6-13(21)8-10(2)17(26-19(24)20(5)12(4)27-20)16(22)15-11(3)18(23)25-14(15)7-9/h6,10,12,14-17,22H,3,7-8H2,1-2,4-5H3/b9-6-/t10-,12-,14-,15+,16-,17-,20-/m1/s1. The molecular formula is C20H26O7. The molecule has 148 valence electrons. The number of aliphatic hydroxyl groups is 1. The molecule has 1 aliphatic carbocycles. The summed E-state index contributed by atoms with van der Waals surface area (Å²) in [5, 5.41) is 11.1. The average Bonchev–Trinajstić information content (AvgIpc) is 3.08. The van der Waals surface area contributed by atoms with Gasteiger partial charge in [-0.2, -0.15) is 0 Å². The predicted octanol–water partition coefficient (Wildman–Crippen LogP) is 1.48. The molecule has 3 rings (SSSR count). The number of aliphatic hydroxyl groups excluding tert-OH is 1. The summed E-state index contributed by atoms with van der Waals surface area (Å²) in [4.78, 5) is 36.9. The highest BCUT2D eigenvalue weighted by molar-refractivity contribution is 5.92. The van der Waals surface area contributed by atoms with E-state index < -0.39 is 47.7 Å². The van der Waals surface area contributed by atoms with Gasteiger partial charge in [-0.3, -0.25) is 4.79 Å². The van der Waals surface area contributed by atoms with Crippen molar-refractivity contribution in [2.75, 3.05) is 0 Å². The summed E-state index contributed by atoms with van der Waals surface area (Å²) in [7, 11) is 0. The second-order valence-corrected chi connectivity index (χ2v) is 8.06. The minimum Gasteiger partial charge on any atom is -0.458 e. The van der Waals surface area contributed by atoms with Crippen molar-refractivity contribution in [3.63, 3.8) is 0 Å². The maximum Gasteiger partial charge on any atom is 0.341 e. The Morgan fingerprint density at radius 2 is 1.96 bits per heavy atom. The lowest BCUT2D eigenvalue weighted by Crippen LogP contribution is -2.47. The molecule has 0 aromatic heterocycles. The fourth-order valence-corrected chi connectivity index (χ4v) is 3.90. The Labute approximate surface area is 158 Å². The Hall–Kier alpha value is -1.99. The number of ketones is 1. The van der Waals surface area contributed by atoms with Crippen molar-refractivity contribution in [3.05, 3.63) is 23.8 Å². The van der Waals surface area contributed by atoms with E-state index in [1.165, 1.54) is 6.08 Å². The van der Waals surface area contributed by atoms with Crippen LogP contribution in [0, 0.1) is 11.8 Å². The van der Waals surface area contributed by atoms with Crippen LogP contribution in [-0.4, -0.2) is 52.8 Å². The highest BCUT2D eigenvalue weighted by Gasteiger charge is 2.58. The zero-order valence-electron chi connectivity index (χ0n) is 16.1. The zero-order chi connectivity index (χ0) is 20.1. The second-order valence-electron chi connectivity index (χ2n) is 8.06. The highest BCUT2D eigenvalue weighted by Crippen LogP contribution is 2.40. The minimum atomic E-state index is -1.22. The van der Waals surface area contributed by atoms with Crippen molar-refractivity contribution in [2.45, 2.75) is 70.6 Å². The fourth-order valence-electron chi connectivity index (χ4n) is 3.90. The van der Waals surface area contributed by atoms with Crippen LogP contribution in [0.5, 0.6) is 0 Å². The van der Waals surface area contributed by atoms with Gasteiger partial charge in [-0.15, -0.1) is 0 Å². The SMILES string of the molecule is C=C1C(=O)O[C@@H]2C/C(C)=C\C(=O)C[C@@H](C)[C@@H](OC(=O)[C@]3(C)O[C@@H]3C)[C@H](O)[C@@H]12. The topological polar surface area (TPSA) is 102 Å². The predicted molar refractivity (Wildman–Crippen MR) is 94.5 cm³/mol. The van der Waals surface area contributed by atoms with Crippen molar-refractivity contribution in [1.82, 2.24) is 0 Å². The quantitative estimate of drug-likeness (QED) is 0.441. The number of fused-ring (bicyclic) bond motifs is 1. The molecule has 0 aromatic carbocycles. The molecule has 0 unspecified atom stereocenters. The van der Waals surface area contributed by atoms with E-state index in [1.54, 1.807) is 27.7 Å². The van der Waals surface area contributed by atoms with E-state index in [-0.39, 0.29) is 23.9 Å². The number of rotatable bonds is 2. The van der Waals surface area contributed by atoms with Crippen LogP contribution in [0.25, 0.3) is 0 Å². The molecule has 0 bridgehead atoms. The lowest BCUT2D eigenvalue weighted by molar-refractivity contribution is -0.169. The number of esters is 2. The highest BCUT2D eigenvalue weighted by atomic mass is 16.7. The van der Waals surface area contributed by atoms with Gasteiger partial charge in [0, 0.05) is 24.3 Å². The first-order chi connectivity index (χ1) is 12.5. The molecule has 1 N–H and O–H groups in total. The monoisotopic (exact) mass is 378 g/mol. The summed E-state index contributed by atoms with van der Waals surface area (Å²) >= 11 is 0. The van der Waals surface area contributed by atoms with Gasteiger partial charge in [0.15, 0.2) is 11.4 Å². The van der Waals surface area contributed by atoms with Crippen molar-refractivity contribution >= 4 is 17.7 Å². The molecule has 2 heterocycles. The molecule has 0 spiro atoms. The fraction of sp³-hybridized carbons (Fsp3) is 0.650. The molecule has 2 saturated heterocycles.